The summed E-state index contributed by atoms with van der Waals surface area (Å²) < 4.78 is 2.06. The highest BCUT2D eigenvalue weighted by Gasteiger charge is 2.32. The van der Waals surface area contributed by atoms with Crippen LogP contribution in [0.15, 0.2) is 60.7 Å². The molecule has 1 aliphatic rings. The Kier molecular flexibility index (Phi) is 6.04. The van der Waals surface area contributed by atoms with E-state index < -0.39 is 0 Å². The third-order valence-corrected chi connectivity index (χ3v) is 4.81. The van der Waals surface area contributed by atoms with Crippen LogP contribution in [0.2, 0.25) is 0 Å². The third kappa shape index (κ3) is 4.38. The number of carbonyl (C=O) groups is 1. The number of aryl methyl sites for hydroxylation is 1. The van der Waals surface area contributed by atoms with Crippen LogP contribution in [0.3, 0.4) is 0 Å². The highest BCUT2D eigenvalue weighted by molar-refractivity contribution is 5.92. The van der Waals surface area contributed by atoms with Crippen LogP contribution in [0.25, 0.3) is 0 Å². The molecule has 0 spiro atoms. The number of rotatable bonds is 9. The zero-order valence-electron chi connectivity index (χ0n) is 15.0. The van der Waals surface area contributed by atoms with Gasteiger partial charge in [0.05, 0.1) is 12.4 Å². The number of benzene rings is 1. The molecule has 1 aliphatic heterocycles. The number of hydrogen-bond donors (Lipinski definition) is 0. The van der Waals surface area contributed by atoms with E-state index in [0.717, 1.165) is 32.4 Å². The Morgan fingerprint density at radius 3 is 2.64 bits per heavy atom. The second-order valence-corrected chi connectivity index (χ2v) is 6.68. The number of amides is 1. The molecule has 2 aromatic rings. The summed E-state index contributed by atoms with van der Waals surface area (Å²) in [6.07, 6.45) is 13.0. The molecule has 0 aliphatic carbocycles. The molecule has 0 fully saturated rings. The molecule has 1 amide bonds. The van der Waals surface area contributed by atoms with Crippen molar-refractivity contribution in [2.45, 2.75) is 51.6 Å². The summed E-state index contributed by atoms with van der Waals surface area (Å²) in [5, 5.41) is 0. The molecule has 0 radical (unpaired) electrons. The molecule has 1 aromatic heterocycles. The average Bonchev–Trinajstić information content (AvgIpc) is 3.25. The van der Waals surface area contributed by atoms with Crippen LogP contribution < -0.4 is 0 Å². The highest BCUT2D eigenvalue weighted by atomic mass is 16.2. The van der Waals surface area contributed by atoms with E-state index >= 15 is 0 Å². The molecule has 0 bridgehead atoms. The number of imidazole rings is 1. The van der Waals surface area contributed by atoms with E-state index in [1.54, 1.807) is 6.20 Å². The molecule has 4 heteroatoms. The van der Waals surface area contributed by atoms with Crippen LogP contribution in [-0.2, 0) is 11.3 Å². The van der Waals surface area contributed by atoms with Crippen LogP contribution in [0.5, 0.6) is 0 Å². The predicted octanol–water partition coefficient (Wildman–Crippen LogP) is 4.36. The van der Waals surface area contributed by atoms with Gasteiger partial charge in [0.1, 0.15) is 0 Å². The minimum Gasteiger partial charge on any atom is -0.337 e. The molecule has 132 valence electrons. The first-order valence-electron chi connectivity index (χ1n) is 9.31. The maximum absolute atomic E-state index is 12.6. The van der Waals surface area contributed by atoms with Crippen molar-refractivity contribution in [2.75, 3.05) is 6.54 Å². The Morgan fingerprint density at radius 2 is 1.92 bits per heavy atom. The largest absolute Gasteiger partial charge is 0.337 e. The normalized spacial score (nSPS) is 17.2. The maximum Gasteiger partial charge on any atom is 0.247 e. The Balaban J connectivity index is 1.70. The van der Waals surface area contributed by atoms with Crippen molar-refractivity contribution in [1.82, 2.24) is 14.5 Å². The van der Waals surface area contributed by atoms with E-state index in [2.05, 4.69) is 40.7 Å². The topological polar surface area (TPSA) is 38.1 Å². The monoisotopic (exact) mass is 337 g/mol. The fraction of sp³-hybridized carbons (Fsp3) is 0.429. The summed E-state index contributed by atoms with van der Waals surface area (Å²) in [7, 11) is 0. The van der Waals surface area contributed by atoms with Crippen molar-refractivity contribution in [3.8, 4) is 0 Å². The molecule has 1 unspecified atom stereocenters. The van der Waals surface area contributed by atoms with Crippen LogP contribution in [-0.4, -0.2) is 26.9 Å². The molecule has 0 saturated heterocycles. The Labute approximate surface area is 150 Å². The van der Waals surface area contributed by atoms with Gasteiger partial charge in [0.2, 0.25) is 5.91 Å². The van der Waals surface area contributed by atoms with Crippen molar-refractivity contribution in [2.24, 2.45) is 0 Å². The fourth-order valence-electron chi connectivity index (χ4n) is 3.55. The van der Waals surface area contributed by atoms with Gasteiger partial charge in [-0.25, -0.2) is 4.98 Å². The molecular weight excluding hydrogens is 310 g/mol. The number of aromatic nitrogens is 2. The highest BCUT2D eigenvalue weighted by Crippen LogP contribution is 2.36. The lowest BCUT2D eigenvalue weighted by Crippen LogP contribution is -2.31. The summed E-state index contributed by atoms with van der Waals surface area (Å²) in [6.45, 7) is 3.87. The van der Waals surface area contributed by atoms with Gasteiger partial charge in [-0.15, -0.1) is 0 Å². The molecule has 0 saturated carbocycles. The van der Waals surface area contributed by atoms with Crippen molar-refractivity contribution >= 4 is 5.91 Å². The molecular formula is C21H27N3O. The molecule has 1 atom stereocenters. The SMILES string of the molecule is CCCCCC1=CC(=O)N(CCCn2ccnc2)C1c1ccccc1. The molecule has 4 nitrogen and oxygen atoms in total. The number of carbonyl (C=O) groups excluding carboxylic acids is 1. The third-order valence-electron chi connectivity index (χ3n) is 4.81. The van der Waals surface area contributed by atoms with Gasteiger partial charge in [0.15, 0.2) is 0 Å². The zero-order valence-corrected chi connectivity index (χ0v) is 15.0. The lowest BCUT2D eigenvalue weighted by molar-refractivity contribution is -0.126. The number of unbranched alkanes of at least 4 members (excludes halogenated alkanes) is 2. The van der Waals surface area contributed by atoms with E-state index in [0.29, 0.717) is 0 Å². The molecule has 2 heterocycles. The van der Waals surface area contributed by atoms with Crippen molar-refractivity contribution in [3.63, 3.8) is 0 Å². The summed E-state index contributed by atoms with van der Waals surface area (Å²) >= 11 is 0. The predicted molar refractivity (Wildman–Crippen MR) is 100.0 cm³/mol. The quantitative estimate of drug-likeness (QED) is 0.638. The standard InChI is InChI=1S/C21H27N3O/c1-2-3-5-11-19-16-20(25)24(14-8-13-23-15-12-22-17-23)21(19)18-9-6-4-7-10-18/h4,6-7,9-10,12,15-17,21H,2-3,5,8,11,13-14H2,1H3. The average molecular weight is 337 g/mol. The Morgan fingerprint density at radius 1 is 1.08 bits per heavy atom. The van der Waals surface area contributed by atoms with Crippen molar-refractivity contribution in [1.29, 1.82) is 0 Å². The summed E-state index contributed by atoms with van der Waals surface area (Å²) in [4.78, 5) is 18.7. The van der Waals surface area contributed by atoms with Gasteiger partial charge in [-0.1, -0.05) is 50.1 Å². The van der Waals surface area contributed by atoms with Crippen LogP contribution in [0.4, 0.5) is 0 Å². The summed E-state index contributed by atoms with van der Waals surface area (Å²) in [5.41, 5.74) is 2.49. The summed E-state index contributed by atoms with van der Waals surface area (Å²) in [6, 6.07) is 10.5. The Hall–Kier alpha value is -2.36. The Bertz CT molecular complexity index is 691. The molecule has 0 N–H and O–H groups in total. The van der Waals surface area contributed by atoms with E-state index in [9.17, 15) is 4.79 Å². The zero-order chi connectivity index (χ0) is 17.5. The van der Waals surface area contributed by atoms with Gasteiger partial charge >= 0.3 is 0 Å². The van der Waals surface area contributed by atoms with E-state index in [4.69, 9.17) is 0 Å². The second-order valence-electron chi connectivity index (χ2n) is 6.68. The second kappa shape index (κ2) is 8.65. The van der Waals surface area contributed by atoms with Gasteiger partial charge in [-0.3, -0.25) is 4.79 Å². The van der Waals surface area contributed by atoms with E-state index in [1.807, 2.05) is 29.6 Å². The minimum absolute atomic E-state index is 0.105. The lowest BCUT2D eigenvalue weighted by atomic mass is 9.95. The summed E-state index contributed by atoms with van der Waals surface area (Å²) in [5.74, 6) is 0.158. The fourth-order valence-corrected chi connectivity index (χ4v) is 3.55. The minimum atomic E-state index is 0.105. The maximum atomic E-state index is 12.6. The van der Waals surface area contributed by atoms with Crippen LogP contribution >= 0.6 is 0 Å². The first kappa shape index (κ1) is 17.5. The number of nitrogens with zero attached hydrogens (tertiary/aromatic N) is 3. The smallest absolute Gasteiger partial charge is 0.247 e. The molecule has 1 aromatic carbocycles. The van der Waals surface area contributed by atoms with Gasteiger partial charge in [0.25, 0.3) is 0 Å². The number of hydrogen-bond acceptors (Lipinski definition) is 2. The van der Waals surface area contributed by atoms with E-state index in [1.165, 1.54) is 24.0 Å². The molecule has 3 rings (SSSR count). The van der Waals surface area contributed by atoms with Crippen molar-refractivity contribution < 1.29 is 4.79 Å². The van der Waals surface area contributed by atoms with Crippen LogP contribution in [0, 0.1) is 0 Å². The lowest BCUT2D eigenvalue weighted by Gasteiger charge is -2.28. The van der Waals surface area contributed by atoms with Crippen LogP contribution in [0.1, 0.15) is 50.6 Å². The van der Waals surface area contributed by atoms with Crippen molar-refractivity contribution in [3.05, 3.63) is 66.3 Å². The van der Waals surface area contributed by atoms with Gasteiger partial charge in [0, 0.05) is 31.6 Å². The van der Waals surface area contributed by atoms with Gasteiger partial charge < -0.3 is 9.47 Å². The first-order chi connectivity index (χ1) is 12.3. The van der Waals surface area contributed by atoms with Gasteiger partial charge in [-0.2, -0.15) is 0 Å². The van der Waals surface area contributed by atoms with E-state index in [-0.39, 0.29) is 11.9 Å². The van der Waals surface area contributed by atoms with Gasteiger partial charge in [-0.05, 0) is 30.4 Å². The molecule has 25 heavy (non-hydrogen) atoms. The first-order valence-corrected chi connectivity index (χ1v) is 9.31.